The Morgan fingerprint density at radius 3 is 2.85 bits per heavy atom. The zero-order valence-corrected chi connectivity index (χ0v) is 11.6. The molecule has 2 saturated heterocycles. The molecule has 4 atom stereocenters. The summed E-state index contributed by atoms with van der Waals surface area (Å²) in [7, 11) is 0. The standard InChI is InChI=1S/C13H22N2O5/c1-2-11-8(3-4-20-11)6-14-13(19)15-7-9(16)5-10(15)12(17)18/h8-11,16H,2-7H2,1H3,(H,14,19)(H,17,18)/t8?,9-,10-,11?/m0/s1. The third-order valence-electron chi connectivity index (χ3n) is 4.09. The van der Waals surface area contributed by atoms with Crippen molar-refractivity contribution in [3.8, 4) is 0 Å². The zero-order chi connectivity index (χ0) is 14.7. The van der Waals surface area contributed by atoms with Crippen molar-refractivity contribution in [2.45, 2.75) is 44.4 Å². The van der Waals surface area contributed by atoms with E-state index in [1.165, 1.54) is 4.90 Å². The summed E-state index contributed by atoms with van der Waals surface area (Å²) < 4.78 is 5.55. The molecule has 0 aromatic rings. The van der Waals surface area contributed by atoms with E-state index in [4.69, 9.17) is 9.84 Å². The second-order valence-corrected chi connectivity index (χ2v) is 5.45. The number of carboxylic acids is 1. The topological polar surface area (TPSA) is 99.1 Å². The number of β-amino-alcohol motifs (C(OH)–C–C–N with tert-alkyl or cyclic N) is 1. The molecule has 2 amide bonds. The van der Waals surface area contributed by atoms with Crippen molar-refractivity contribution < 1.29 is 24.5 Å². The average Bonchev–Trinajstić information content (AvgIpc) is 3.01. The fourth-order valence-corrected chi connectivity index (χ4v) is 2.97. The quantitative estimate of drug-likeness (QED) is 0.677. The molecule has 0 spiro atoms. The number of aliphatic hydroxyl groups excluding tert-OH is 1. The number of urea groups is 1. The number of nitrogens with zero attached hydrogens (tertiary/aromatic N) is 1. The summed E-state index contributed by atoms with van der Waals surface area (Å²) in [6.45, 7) is 3.30. The summed E-state index contributed by atoms with van der Waals surface area (Å²) in [5.41, 5.74) is 0. The first kappa shape index (κ1) is 15.1. The fraction of sp³-hybridized carbons (Fsp3) is 0.846. The van der Waals surface area contributed by atoms with Crippen molar-refractivity contribution in [3.63, 3.8) is 0 Å². The molecule has 2 unspecified atom stereocenters. The lowest BCUT2D eigenvalue weighted by Crippen LogP contribution is -2.47. The van der Waals surface area contributed by atoms with Crippen LogP contribution in [0.5, 0.6) is 0 Å². The molecule has 2 heterocycles. The fourth-order valence-electron chi connectivity index (χ4n) is 2.97. The molecule has 2 fully saturated rings. The van der Waals surface area contributed by atoms with Crippen molar-refractivity contribution in [1.29, 1.82) is 0 Å². The summed E-state index contributed by atoms with van der Waals surface area (Å²) in [6.07, 6.45) is 1.30. The van der Waals surface area contributed by atoms with Crippen LogP contribution in [0.15, 0.2) is 0 Å². The van der Waals surface area contributed by atoms with Crippen LogP contribution in [0.2, 0.25) is 0 Å². The summed E-state index contributed by atoms with van der Waals surface area (Å²) in [5, 5.41) is 21.3. The molecular formula is C13H22N2O5. The maximum atomic E-state index is 12.1. The van der Waals surface area contributed by atoms with Crippen molar-refractivity contribution in [1.82, 2.24) is 10.2 Å². The Kier molecular flexibility index (Phi) is 4.82. The Morgan fingerprint density at radius 2 is 2.20 bits per heavy atom. The molecule has 0 saturated carbocycles. The van der Waals surface area contributed by atoms with Crippen LogP contribution in [0.25, 0.3) is 0 Å². The third kappa shape index (κ3) is 3.21. The van der Waals surface area contributed by atoms with E-state index in [-0.39, 0.29) is 25.0 Å². The smallest absolute Gasteiger partial charge is 0.326 e. The van der Waals surface area contributed by atoms with Crippen LogP contribution in [0.4, 0.5) is 4.79 Å². The van der Waals surface area contributed by atoms with Gasteiger partial charge in [0.05, 0.1) is 12.2 Å². The van der Waals surface area contributed by atoms with E-state index >= 15 is 0 Å². The zero-order valence-electron chi connectivity index (χ0n) is 11.6. The Balaban J connectivity index is 1.86. The number of carbonyl (C=O) groups is 2. The van der Waals surface area contributed by atoms with Gasteiger partial charge < -0.3 is 25.2 Å². The highest BCUT2D eigenvalue weighted by Crippen LogP contribution is 2.23. The molecule has 7 heteroatoms. The van der Waals surface area contributed by atoms with Gasteiger partial charge in [-0.15, -0.1) is 0 Å². The summed E-state index contributed by atoms with van der Waals surface area (Å²) in [4.78, 5) is 24.3. The summed E-state index contributed by atoms with van der Waals surface area (Å²) >= 11 is 0. The third-order valence-corrected chi connectivity index (χ3v) is 4.09. The van der Waals surface area contributed by atoms with E-state index in [9.17, 15) is 14.7 Å². The molecule has 0 radical (unpaired) electrons. The molecular weight excluding hydrogens is 264 g/mol. The van der Waals surface area contributed by atoms with Crippen LogP contribution < -0.4 is 5.32 Å². The number of aliphatic carboxylic acids is 1. The second-order valence-electron chi connectivity index (χ2n) is 5.45. The Labute approximate surface area is 117 Å². The number of rotatable bonds is 4. The predicted octanol–water partition coefficient (Wildman–Crippen LogP) is 0.0309. The molecule has 114 valence electrons. The van der Waals surface area contributed by atoms with E-state index < -0.39 is 24.1 Å². The first-order chi connectivity index (χ1) is 9.52. The maximum Gasteiger partial charge on any atom is 0.326 e. The molecule has 2 aliphatic heterocycles. The van der Waals surface area contributed by atoms with Crippen molar-refractivity contribution in [2.75, 3.05) is 19.7 Å². The monoisotopic (exact) mass is 286 g/mol. The minimum absolute atomic E-state index is 0.0706. The van der Waals surface area contributed by atoms with Crippen LogP contribution in [-0.4, -0.2) is 65.1 Å². The number of aliphatic hydroxyl groups is 1. The van der Waals surface area contributed by atoms with Gasteiger partial charge in [-0.3, -0.25) is 0 Å². The van der Waals surface area contributed by atoms with Gasteiger partial charge in [0.25, 0.3) is 0 Å². The molecule has 2 rings (SSSR count). The molecule has 0 aromatic heterocycles. The number of hydrogen-bond acceptors (Lipinski definition) is 4. The highest BCUT2D eigenvalue weighted by Gasteiger charge is 2.39. The van der Waals surface area contributed by atoms with Crippen molar-refractivity contribution in [2.24, 2.45) is 5.92 Å². The van der Waals surface area contributed by atoms with Gasteiger partial charge >= 0.3 is 12.0 Å². The van der Waals surface area contributed by atoms with Crippen molar-refractivity contribution >= 4 is 12.0 Å². The molecule has 0 bridgehead atoms. The highest BCUT2D eigenvalue weighted by atomic mass is 16.5. The van der Waals surface area contributed by atoms with Gasteiger partial charge in [0.15, 0.2) is 0 Å². The Hall–Kier alpha value is -1.34. The van der Waals surface area contributed by atoms with E-state index in [0.29, 0.717) is 13.2 Å². The number of nitrogens with one attached hydrogen (secondary N) is 1. The molecule has 3 N–H and O–H groups in total. The predicted molar refractivity (Wildman–Crippen MR) is 70.3 cm³/mol. The van der Waals surface area contributed by atoms with Gasteiger partial charge in [-0.1, -0.05) is 6.92 Å². The lowest BCUT2D eigenvalue weighted by molar-refractivity contribution is -0.141. The van der Waals surface area contributed by atoms with Gasteiger partial charge in [-0.2, -0.15) is 0 Å². The highest BCUT2D eigenvalue weighted by molar-refractivity contribution is 5.83. The van der Waals surface area contributed by atoms with Crippen LogP contribution in [0, 0.1) is 5.92 Å². The first-order valence-electron chi connectivity index (χ1n) is 7.09. The maximum absolute atomic E-state index is 12.1. The summed E-state index contributed by atoms with van der Waals surface area (Å²) in [6, 6.07) is -1.36. The van der Waals surface area contributed by atoms with Crippen LogP contribution in [0.1, 0.15) is 26.2 Å². The van der Waals surface area contributed by atoms with Gasteiger partial charge in [0.2, 0.25) is 0 Å². The van der Waals surface area contributed by atoms with Gasteiger partial charge in [0.1, 0.15) is 6.04 Å². The largest absolute Gasteiger partial charge is 0.480 e. The van der Waals surface area contributed by atoms with Crippen LogP contribution >= 0.6 is 0 Å². The van der Waals surface area contributed by atoms with E-state index in [2.05, 4.69) is 5.32 Å². The molecule has 20 heavy (non-hydrogen) atoms. The Bertz CT molecular complexity index is 376. The number of carbonyl (C=O) groups excluding carboxylic acids is 1. The van der Waals surface area contributed by atoms with Crippen LogP contribution in [0.3, 0.4) is 0 Å². The van der Waals surface area contributed by atoms with Gasteiger partial charge in [-0.25, -0.2) is 9.59 Å². The second kappa shape index (κ2) is 6.41. The molecule has 7 nitrogen and oxygen atoms in total. The number of hydrogen-bond donors (Lipinski definition) is 3. The number of likely N-dealkylation sites (tertiary alicyclic amines) is 1. The number of amides is 2. The minimum atomic E-state index is -1.08. The first-order valence-corrected chi connectivity index (χ1v) is 7.09. The van der Waals surface area contributed by atoms with Gasteiger partial charge in [0, 0.05) is 32.0 Å². The normalized spacial score (nSPS) is 33.4. The summed E-state index contributed by atoms with van der Waals surface area (Å²) in [5.74, 6) is -0.799. The van der Waals surface area contributed by atoms with Gasteiger partial charge in [-0.05, 0) is 12.8 Å². The average molecular weight is 286 g/mol. The lowest BCUT2D eigenvalue weighted by atomic mass is 10.00. The molecule has 0 aliphatic carbocycles. The number of carboxylic acid groups (broad SMARTS) is 1. The number of ether oxygens (including phenoxy) is 1. The minimum Gasteiger partial charge on any atom is -0.480 e. The molecule has 2 aliphatic rings. The van der Waals surface area contributed by atoms with E-state index in [1.54, 1.807) is 0 Å². The van der Waals surface area contributed by atoms with Crippen molar-refractivity contribution in [3.05, 3.63) is 0 Å². The van der Waals surface area contributed by atoms with E-state index in [0.717, 1.165) is 12.8 Å². The molecule has 0 aromatic carbocycles. The lowest BCUT2D eigenvalue weighted by Gasteiger charge is -2.23. The SMILES string of the molecule is CCC1OCCC1CNC(=O)N1C[C@@H](O)C[C@H]1C(=O)O. The van der Waals surface area contributed by atoms with Crippen LogP contribution in [-0.2, 0) is 9.53 Å². The van der Waals surface area contributed by atoms with E-state index in [1.807, 2.05) is 6.92 Å². The Morgan fingerprint density at radius 1 is 1.45 bits per heavy atom.